The number of carboxylic acids is 2. The van der Waals surface area contributed by atoms with Gasteiger partial charge in [-0.05, 0) is 18.1 Å². The van der Waals surface area contributed by atoms with Gasteiger partial charge < -0.3 is 19.8 Å². The average molecular weight is 156 g/mol. The van der Waals surface area contributed by atoms with Crippen LogP contribution in [0.4, 0.5) is 0 Å². The highest BCUT2D eigenvalue weighted by molar-refractivity contribution is 5.92. The normalized spacial score (nSPS) is 11.2. The summed E-state index contributed by atoms with van der Waals surface area (Å²) in [5.74, 6) is -2.95. The molecule has 0 heterocycles. The van der Waals surface area contributed by atoms with Crippen LogP contribution in [0.25, 0.3) is 0 Å². The minimum absolute atomic E-state index is 0.191. The Bertz CT molecular complexity index is 193. The first-order valence-corrected chi connectivity index (χ1v) is 3.20. The smallest absolute Gasteiger partial charge is 0.0675 e. The Labute approximate surface area is 64.2 Å². The standard InChI is InChI=1S/C7H10O4/c1-2-3-5(7(10)11)4-6(8)9/h4H,2-3H2,1H3,(H,8,9)(H,10,11)/p-2/b5-4-. The highest BCUT2D eigenvalue weighted by Crippen LogP contribution is 2.01. The van der Waals surface area contributed by atoms with Gasteiger partial charge in [-0.3, -0.25) is 0 Å². The van der Waals surface area contributed by atoms with Gasteiger partial charge in [0.1, 0.15) is 0 Å². The largest absolute Gasteiger partial charge is 0.545 e. The molecule has 0 aliphatic rings. The fraction of sp³-hybridized carbons (Fsp3) is 0.429. The van der Waals surface area contributed by atoms with Gasteiger partial charge in [-0.2, -0.15) is 0 Å². The Kier molecular flexibility index (Phi) is 3.95. The number of carbonyl (C=O) groups excluding carboxylic acids is 2. The number of carbonyl (C=O) groups is 2. The molecule has 0 saturated heterocycles. The molecule has 62 valence electrons. The van der Waals surface area contributed by atoms with Crippen LogP contribution in [0.2, 0.25) is 0 Å². The maximum absolute atomic E-state index is 10.2. The summed E-state index contributed by atoms with van der Waals surface area (Å²) in [6, 6.07) is 0. The molecule has 0 aliphatic carbocycles. The van der Waals surface area contributed by atoms with Crippen molar-refractivity contribution in [2.45, 2.75) is 19.8 Å². The lowest BCUT2D eigenvalue weighted by molar-refractivity contribution is -0.303. The Morgan fingerprint density at radius 3 is 2.18 bits per heavy atom. The number of hydrogen-bond donors (Lipinski definition) is 0. The molecule has 0 spiro atoms. The van der Waals surface area contributed by atoms with Crippen LogP contribution < -0.4 is 10.2 Å². The van der Waals surface area contributed by atoms with Crippen LogP contribution in [-0.2, 0) is 9.59 Å². The van der Waals surface area contributed by atoms with Gasteiger partial charge >= 0.3 is 0 Å². The van der Waals surface area contributed by atoms with Crippen LogP contribution in [0.5, 0.6) is 0 Å². The second kappa shape index (κ2) is 4.49. The Balaban J connectivity index is 4.32. The molecule has 0 aromatic heterocycles. The van der Waals surface area contributed by atoms with E-state index in [1.54, 1.807) is 6.92 Å². The molecule has 0 fully saturated rings. The van der Waals surface area contributed by atoms with Gasteiger partial charge in [-0.1, -0.05) is 13.3 Å². The summed E-state index contributed by atoms with van der Waals surface area (Å²) in [5, 5.41) is 20.1. The van der Waals surface area contributed by atoms with Crippen molar-refractivity contribution in [2.75, 3.05) is 0 Å². The third kappa shape index (κ3) is 4.13. The van der Waals surface area contributed by atoms with E-state index >= 15 is 0 Å². The molecule has 0 aliphatic heterocycles. The number of rotatable bonds is 4. The van der Waals surface area contributed by atoms with E-state index in [9.17, 15) is 19.8 Å². The van der Waals surface area contributed by atoms with Gasteiger partial charge in [-0.25, -0.2) is 0 Å². The number of hydrogen-bond acceptors (Lipinski definition) is 4. The van der Waals surface area contributed by atoms with Crippen molar-refractivity contribution in [1.82, 2.24) is 0 Å². The monoisotopic (exact) mass is 156 g/mol. The van der Waals surface area contributed by atoms with Crippen molar-refractivity contribution in [3.05, 3.63) is 11.6 Å². The molecule has 0 bridgehead atoms. The summed E-state index contributed by atoms with van der Waals surface area (Å²) in [7, 11) is 0. The van der Waals surface area contributed by atoms with E-state index in [4.69, 9.17) is 0 Å². The second-order valence-corrected chi connectivity index (χ2v) is 2.03. The molecule has 4 heteroatoms. The molecule has 0 N–H and O–H groups in total. The van der Waals surface area contributed by atoms with E-state index in [1.165, 1.54) is 0 Å². The molecule has 0 aromatic rings. The van der Waals surface area contributed by atoms with E-state index < -0.39 is 11.9 Å². The lowest BCUT2D eigenvalue weighted by atomic mass is 10.1. The van der Waals surface area contributed by atoms with Crippen LogP contribution >= 0.6 is 0 Å². The molecular weight excluding hydrogens is 148 g/mol. The van der Waals surface area contributed by atoms with Crippen molar-refractivity contribution in [1.29, 1.82) is 0 Å². The van der Waals surface area contributed by atoms with Crippen molar-refractivity contribution < 1.29 is 19.8 Å². The van der Waals surface area contributed by atoms with Crippen LogP contribution in [0.1, 0.15) is 19.8 Å². The molecule has 0 radical (unpaired) electrons. The van der Waals surface area contributed by atoms with Gasteiger partial charge in [0, 0.05) is 0 Å². The molecule has 0 unspecified atom stereocenters. The zero-order valence-electron chi connectivity index (χ0n) is 6.12. The lowest BCUT2D eigenvalue weighted by Gasteiger charge is -2.06. The summed E-state index contributed by atoms with van der Waals surface area (Å²) < 4.78 is 0. The molecule has 0 atom stereocenters. The third-order valence-corrected chi connectivity index (χ3v) is 1.07. The first-order chi connectivity index (χ1) is 5.07. The zero-order valence-corrected chi connectivity index (χ0v) is 6.12. The molecule has 0 aromatic carbocycles. The first-order valence-electron chi connectivity index (χ1n) is 3.20. The second-order valence-electron chi connectivity index (χ2n) is 2.03. The molecule has 0 amide bonds. The molecule has 0 saturated carbocycles. The highest BCUT2D eigenvalue weighted by Gasteiger charge is 1.95. The maximum atomic E-state index is 10.2. The average Bonchev–Trinajstić information content (AvgIpc) is 1.86. The summed E-state index contributed by atoms with van der Waals surface area (Å²) in [4.78, 5) is 20.1. The van der Waals surface area contributed by atoms with Crippen LogP contribution in [-0.4, -0.2) is 11.9 Å². The van der Waals surface area contributed by atoms with Crippen molar-refractivity contribution in [3.63, 3.8) is 0 Å². The predicted octanol–water partition coefficient (Wildman–Crippen LogP) is -1.79. The van der Waals surface area contributed by atoms with Crippen LogP contribution in [0.3, 0.4) is 0 Å². The fourth-order valence-corrected chi connectivity index (χ4v) is 0.645. The fourth-order valence-electron chi connectivity index (χ4n) is 0.645. The van der Waals surface area contributed by atoms with Crippen LogP contribution in [0.15, 0.2) is 11.6 Å². The third-order valence-electron chi connectivity index (χ3n) is 1.07. The van der Waals surface area contributed by atoms with Crippen molar-refractivity contribution in [3.8, 4) is 0 Å². The van der Waals surface area contributed by atoms with Crippen molar-refractivity contribution >= 4 is 11.9 Å². The van der Waals surface area contributed by atoms with E-state index in [0.717, 1.165) is 0 Å². The predicted molar refractivity (Wildman–Crippen MR) is 33.0 cm³/mol. The molecule has 0 rings (SSSR count). The topological polar surface area (TPSA) is 80.3 Å². The highest BCUT2D eigenvalue weighted by atomic mass is 16.4. The Hall–Kier alpha value is -1.32. The lowest BCUT2D eigenvalue weighted by Crippen LogP contribution is -2.27. The Morgan fingerprint density at radius 1 is 1.36 bits per heavy atom. The summed E-state index contributed by atoms with van der Waals surface area (Å²) in [6.45, 7) is 1.74. The summed E-state index contributed by atoms with van der Waals surface area (Å²) >= 11 is 0. The summed E-state index contributed by atoms with van der Waals surface area (Å²) in [5.41, 5.74) is -0.229. The number of carboxylic acid groups (broad SMARTS) is 2. The Morgan fingerprint density at radius 2 is 1.91 bits per heavy atom. The van der Waals surface area contributed by atoms with E-state index in [-0.39, 0.29) is 12.0 Å². The van der Waals surface area contributed by atoms with Gasteiger partial charge in [0.15, 0.2) is 0 Å². The number of aliphatic carboxylic acids is 2. The summed E-state index contributed by atoms with van der Waals surface area (Å²) in [6.07, 6.45) is 1.31. The SMILES string of the molecule is CCC/C(=C/C(=O)[O-])C(=O)[O-]. The van der Waals surface area contributed by atoms with E-state index in [2.05, 4.69) is 0 Å². The van der Waals surface area contributed by atoms with Gasteiger partial charge in [0.25, 0.3) is 0 Å². The maximum Gasteiger partial charge on any atom is 0.0675 e. The minimum Gasteiger partial charge on any atom is -0.545 e. The van der Waals surface area contributed by atoms with Gasteiger partial charge in [0.05, 0.1) is 11.9 Å². The van der Waals surface area contributed by atoms with Gasteiger partial charge in [0.2, 0.25) is 0 Å². The van der Waals surface area contributed by atoms with Crippen molar-refractivity contribution in [2.24, 2.45) is 0 Å². The molecular formula is C7H8O4-2. The first kappa shape index (κ1) is 9.68. The minimum atomic E-state index is -1.50. The molecule has 11 heavy (non-hydrogen) atoms. The quantitative estimate of drug-likeness (QED) is 0.450. The van der Waals surface area contributed by atoms with Crippen LogP contribution in [0, 0.1) is 0 Å². The molecule has 4 nitrogen and oxygen atoms in total. The van der Waals surface area contributed by atoms with E-state index in [1.807, 2.05) is 0 Å². The van der Waals surface area contributed by atoms with E-state index in [0.29, 0.717) is 12.5 Å². The van der Waals surface area contributed by atoms with Gasteiger partial charge in [-0.15, -0.1) is 0 Å². The zero-order chi connectivity index (χ0) is 8.85.